The number of amides is 2. The fraction of sp³-hybridized carbons (Fsp3) is 0.0833. The van der Waals surface area contributed by atoms with Crippen molar-refractivity contribution >= 4 is 17.6 Å². The monoisotopic (exact) mass is 382 g/mol. The Labute approximate surface area is 168 Å². The average molecular weight is 382 g/mol. The Hall–Kier alpha value is -3.86. The molecular weight excluding hydrogens is 364 g/mol. The molecular formula is C24H18N2O3. The summed E-state index contributed by atoms with van der Waals surface area (Å²) >= 11 is 0. The molecule has 0 saturated carbocycles. The van der Waals surface area contributed by atoms with Crippen molar-refractivity contribution in [1.82, 2.24) is 10.2 Å². The molecule has 0 aliphatic carbocycles. The zero-order valence-electron chi connectivity index (χ0n) is 15.8. The predicted octanol–water partition coefficient (Wildman–Crippen LogP) is 4.10. The summed E-state index contributed by atoms with van der Waals surface area (Å²) in [6.45, 7) is 1.89. The van der Waals surface area contributed by atoms with Crippen LogP contribution in [-0.4, -0.2) is 16.7 Å². The van der Waals surface area contributed by atoms with Crippen molar-refractivity contribution in [3.63, 3.8) is 0 Å². The summed E-state index contributed by atoms with van der Waals surface area (Å²) in [6, 6.07) is 26.0. The highest BCUT2D eigenvalue weighted by atomic mass is 16.5. The number of nitrogens with zero attached hydrogens (tertiary/aromatic N) is 1. The molecule has 29 heavy (non-hydrogen) atoms. The lowest BCUT2D eigenvalue weighted by Crippen LogP contribution is -2.42. The van der Waals surface area contributed by atoms with Crippen LogP contribution in [0.1, 0.15) is 38.8 Å². The maximum Gasteiger partial charge on any atom is 0.267 e. The second-order valence-corrected chi connectivity index (χ2v) is 7.16. The summed E-state index contributed by atoms with van der Waals surface area (Å²) in [6.07, 6.45) is 0. The van der Waals surface area contributed by atoms with Crippen LogP contribution in [0.4, 0.5) is 0 Å². The Balaban J connectivity index is 1.64. The molecule has 0 saturated heterocycles. The van der Waals surface area contributed by atoms with Gasteiger partial charge in [0, 0.05) is 11.1 Å². The number of hydrogen-bond donors (Lipinski definition) is 1. The fourth-order valence-corrected chi connectivity index (χ4v) is 3.78. The molecule has 1 unspecified atom stereocenters. The summed E-state index contributed by atoms with van der Waals surface area (Å²) in [7, 11) is 0. The van der Waals surface area contributed by atoms with E-state index in [1.165, 1.54) is 4.90 Å². The van der Waals surface area contributed by atoms with Gasteiger partial charge in [0.25, 0.3) is 11.8 Å². The van der Waals surface area contributed by atoms with Crippen LogP contribution in [0.2, 0.25) is 0 Å². The predicted molar refractivity (Wildman–Crippen MR) is 108 cm³/mol. The minimum absolute atomic E-state index is 0.355. The molecule has 0 bridgehead atoms. The third-order valence-electron chi connectivity index (χ3n) is 5.26. The van der Waals surface area contributed by atoms with Gasteiger partial charge in [-0.15, -0.1) is 0 Å². The first-order valence-electron chi connectivity index (χ1n) is 9.39. The van der Waals surface area contributed by atoms with Gasteiger partial charge in [-0.2, -0.15) is 0 Å². The van der Waals surface area contributed by atoms with Crippen LogP contribution in [0, 0.1) is 0 Å². The third-order valence-corrected chi connectivity index (χ3v) is 5.26. The van der Waals surface area contributed by atoms with Crippen LogP contribution >= 0.6 is 0 Å². The van der Waals surface area contributed by atoms with E-state index in [1.54, 1.807) is 24.3 Å². The van der Waals surface area contributed by atoms with Crippen LogP contribution in [0.25, 0.3) is 5.76 Å². The van der Waals surface area contributed by atoms with Gasteiger partial charge >= 0.3 is 0 Å². The van der Waals surface area contributed by atoms with Gasteiger partial charge in [-0.3, -0.25) is 9.59 Å². The molecule has 142 valence electrons. The van der Waals surface area contributed by atoms with Crippen LogP contribution < -0.4 is 5.32 Å². The number of imide groups is 1. The second kappa shape index (κ2) is 6.34. The average Bonchev–Trinajstić information content (AvgIpc) is 3.25. The molecule has 5 nitrogen and oxygen atoms in total. The van der Waals surface area contributed by atoms with E-state index in [9.17, 15) is 9.59 Å². The normalized spacial score (nSPS) is 20.5. The summed E-state index contributed by atoms with van der Waals surface area (Å²) in [4.78, 5) is 27.4. The van der Waals surface area contributed by atoms with E-state index in [4.69, 9.17) is 4.74 Å². The highest BCUT2D eigenvalue weighted by molar-refractivity contribution is 6.22. The lowest BCUT2D eigenvalue weighted by atomic mass is 10.1. The molecule has 0 radical (unpaired) electrons. The summed E-state index contributed by atoms with van der Waals surface area (Å²) < 4.78 is 6.36. The lowest BCUT2D eigenvalue weighted by Gasteiger charge is -2.27. The number of nitrogens with one attached hydrogen (secondary N) is 1. The van der Waals surface area contributed by atoms with E-state index in [0.29, 0.717) is 22.7 Å². The van der Waals surface area contributed by atoms with Crippen LogP contribution in [-0.2, 0) is 10.5 Å². The minimum atomic E-state index is -0.920. The topological polar surface area (TPSA) is 58.6 Å². The van der Waals surface area contributed by atoms with Crippen molar-refractivity contribution < 1.29 is 14.3 Å². The molecule has 2 heterocycles. The number of rotatable bonds is 3. The molecule has 2 amide bonds. The van der Waals surface area contributed by atoms with Crippen molar-refractivity contribution in [3.05, 3.63) is 113 Å². The van der Waals surface area contributed by atoms with E-state index in [-0.39, 0.29) is 11.8 Å². The molecule has 0 fully saturated rings. The Bertz CT molecular complexity index is 1120. The van der Waals surface area contributed by atoms with E-state index < -0.39 is 5.72 Å². The highest BCUT2D eigenvalue weighted by Crippen LogP contribution is 2.40. The van der Waals surface area contributed by atoms with Crippen molar-refractivity contribution in [3.8, 4) is 0 Å². The molecule has 1 atom stereocenters. The molecule has 5 heteroatoms. The quantitative estimate of drug-likeness (QED) is 0.693. The molecule has 2 aliphatic rings. The Morgan fingerprint density at radius 2 is 1.28 bits per heavy atom. The Morgan fingerprint density at radius 3 is 1.86 bits per heavy atom. The van der Waals surface area contributed by atoms with Gasteiger partial charge in [0.2, 0.25) is 5.72 Å². The van der Waals surface area contributed by atoms with E-state index in [1.807, 2.05) is 67.6 Å². The van der Waals surface area contributed by atoms with Crippen LogP contribution in [0.5, 0.6) is 0 Å². The van der Waals surface area contributed by atoms with E-state index in [0.717, 1.165) is 11.1 Å². The zero-order valence-corrected chi connectivity index (χ0v) is 15.8. The van der Waals surface area contributed by atoms with Crippen LogP contribution in [0.3, 0.4) is 0 Å². The summed E-state index contributed by atoms with van der Waals surface area (Å²) in [5.74, 6) is 0.102. The summed E-state index contributed by atoms with van der Waals surface area (Å²) in [5.41, 5.74) is 1.54. The SMILES string of the molecule is CC1(c2ccccc2)NC(N2C(=O)c3ccccc3C2=O)=C(c2ccccc2)O1. The standard InChI is InChI=1S/C24H18N2O3/c1-24(17-12-6-3-7-13-17)25-21(20(29-24)16-10-4-2-5-11-16)26-22(27)18-14-8-9-15-19(18)23(26)28/h2-15,25H,1H3. The first kappa shape index (κ1) is 17.3. The Kier molecular flexibility index (Phi) is 3.77. The minimum Gasteiger partial charge on any atom is -0.460 e. The van der Waals surface area contributed by atoms with E-state index in [2.05, 4.69) is 5.32 Å². The zero-order chi connectivity index (χ0) is 20.0. The smallest absolute Gasteiger partial charge is 0.267 e. The number of fused-ring (bicyclic) bond motifs is 1. The molecule has 3 aromatic carbocycles. The Morgan fingerprint density at radius 1 is 0.759 bits per heavy atom. The molecule has 0 aromatic heterocycles. The maximum absolute atomic E-state index is 13.1. The van der Waals surface area contributed by atoms with Gasteiger partial charge < -0.3 is 10.1 Å². The van der Waals surface area contributed by atoms with E-state index >= 15 is 0 Å². The summed E-state index contributed by atoms with van der Waals surface area (Å²) in [5, 5.41) is 3.31. The van der Waals surface area contributed by atoms with Gasteiger partial charge in [0.15, 0.2) is 11.6 Å². The number of carbonyl (C=O) groups is 2. The van der Waals surface area contributed by atoms with Gasteiger partial charge in [-0.25, -0.2) is 4.90 Å². The number of carbonyl (C=O) groups excluding carboxylic acids is 2. The highest BCUT2D eigenvalue weighted by Gasteiger charge is 2.46. The number of hydrogen-bond acceptors (Lipinski definition) is 4. The van der Waals surface area contributed by atoms with Gasteiger partial charge in [0.1, 0.15) is 0 Å². The largest absolute Gasteiger partial charge is 0.460 e. The number of benzene rings is 3. The van der Waals surface area contributed by atoms with Gasteiger partial charge in [-0.05, 0) is 19.1 Å². The lowest BCUT2D eigenvalue weighted by molar-refractivity contribution is 0.0498. The maximum atomic E-state index is 13.1. The van der Waals surface area contributed by atoms with Crippen molar-refractivity contribution in [2.45, 2.75) is 12.6 Å². The first-order chi connectivity index (χ1) is 14.1. The van der Waals surface area contributed by atoms with Crippen LogP contribution in [0.15, 0.2) is 90.8 Å². The molecule has 0 spiro atoms. The fourth-order valence-electron chi connectivity index (χ4n) is 3.78. The molecule has 3 aromatic rings. The van der Waals surface area contributed by atoms with Gasteiger partial charge in [-0.1, -0.05) is 72.8 Å². The van der Waals surface area contributed by atoms with Gasteiger partial charge in [0.05, 0.1) is 11.1 Å². The molecule has 2 aliphatic heterocycles. The molecule has 5 rings (SSSR count). The van der Waals surface area contributed by atoms with Crippen molar-refractivity contribution in [2.24, 2.45) is 0 Å². The second-order valence-electron chi connectivity index (χ2n) is 7.16. The third kappa shape index (κ3) is 2.63. The van der Waals surface area contributed by atoms with Crippen molar-refractivity contribution in [1.29, 1.82) is 0 Å². The first-order valence-corrected chi connectivity index (χ1v) is 9.39. The van der Waals surface area contributed by atoms with Crippen molar-refractivity contribution in [2.75, 3.05) is 0 Å². The molecule has 1 N–H and O–H groups in total. The number of ether oxygens (including phenoxy) is 1.